The van der Waals surface area contributed by atoms with Gasteiger partial charge in [0.05, 0.1) is 31.6 Å². The number of esters is 1. The molecule has 574 valence electrons. The lowest BCUT2D eigenvalue weighted by Crippen LogP contribution is -2.64. The summed E-state index contributed by atoms with van der Waals surface area (Å²) >= 11 is 0. The number of carboxylic acids is 2. The van der Waals surface area contributed by atoms with E-state index in [0.717, 1.165) is 51.6 Å². The SMILES string of the molecule is CC(C)CCCCCCCCC[C@@H]1CC(=O)N[C@H]([C@@H](C)O)C(=O)N2CCC[C@@H]2C(=O)N2CCC[C@H]2C(=O)N[C@@H](CCCN=C(N)/N=C/N(CCN(C(C)C)C(C)C)CCN(C(C)C)C(C)C)C(=O)N[C@H]([C@@H](O)C(=O)O)C(=O)N[C@H](CO)C(=O)N2CC[C@H](O)[C@H]2C(=O)N[C@@H]([C@H](O)C(=O)O)C(=O)O1. The van der Waals surface area contributed by atoms with Gasteiger partial charge in [0, 0.05) is 76.5 Å². The molecule has 4 fully saturated rings. The van der Waals surface area contributed by atoms with Crippen molar-refractivity contribution in [1.82, 2.24) is 56.0 Å². The monoisotopic (exact) mass is 1430 g/mol. The first-order valence-corrected chi connectivity index (χ1v) is 36.1. The van der Waals surface area contributed by atoms with Crippen molar-refractivity contribution in [2.45, 2.75) is 288 Å². The van der Waals surface area contributed by atoms with Crippen LogP contribution in [0.2, 0.25) is 0 Å². The fourth-order valence-electron chi connectivity index (χ4n) is 13.5. The predicted octanol–water partition coefficient (Wildman–Crippen LogP) is -1.24. The molecule has 33 nitrogen and oxygen atoms in total. The van der Waals surface area contributed by atoms with Crippen LogP contribution in [0.3, 0.4) is 0 Å². The maximum absolute atomic E-state index is 14.8. The number of rotatable bonds is 31. The summed E-state index contributed by atoms with van der Waals surface area (Å²) in [5, 5.41) is 86.5. The molecule has 14 N–H and O–H groups in total. The molecule has 101 heavy (non-hydrogen) atoms. The smallest absolute Gasteiger partial charge is 0.335 e. The molecular formula is C68H118N14O19. The third-order valence-electron chi connectivity index (χ3n) is 19.1. The lowest BCUT2D eigenvalue weighted by molar-refractivity contribution is -0.165. The van der Waals surface area contributed by atoms with Gasteiger partial charge in [-0.25, -0.2) is 19.4 Å². The molecule has 13 atom stereocenters. The van der Waals surface area contributed by atoms with E-state index >= 15 is 0 Å². The van der Waals surface area contributed by atoms with E-state index in [1.165, 1.54) is 16.7 Å². The van der Waals surface area contributed by atoms with E-state index in [2.05, 4.69) is 110 Å². The van der Waals surface area contributed by atoms with Crippen molar-refractivity contribution in [3.63, 3.8) is 0 Å². The number of carboxylic acid groups (broad SMARTS) is 2. The molecule has 0 bridgehead atoms. The summed E-state index contributed by atoms with van der Waals surface area (Å²) in [4.78, 5) is 174. The molecule has 0 aromatic rings. The Hall–Kier alpha value is -7.17. The molecule has 0 aromatic heterocycles. The minimum absolute atomic E-state index is 0.00238. The number of fused-ring (bicyclic) bond motifs is 3. The third-order valence-corrected chi connectivity index (χ3v) is 19.1. The Bertz CT molecular complexity index is 2770. The lowest BCUT2D eigenvalue weighted by Gasteiger charge is -2.35. The van der Waals surface area contributed by atoms with Gasteiger partial charge in [0.15, 0.2) is 18.2 Å². The number of hydrogen-bond donors (Lipinski definition) is 13. The van der Waals surface area contributed by atoms with Gasteiger partial charge >= 0.3 is 17.9 Å². The molecule has 8 amide bonds. The van der Waals surface area contributed by atoms with Gasteiger partial charge in [-0.3, -0.25) is 53.1 Å². The number of guanidine groups is 1. The zero-order chi connectivity index (χ0) is 75.5. The minimum Gasteiger partial charge on any atom is -0.479 e. The topological polar surface area (TPSA) is 469 Å². The Kier molecular flexibility index (Phi) is 36.2. The standard InChI is InChI=1S/C68H118N14O19/c1-39(2)22-17-15-13-12-14-16-18-23-45-36-51(86)74-52(44(11)84)64(95)81-30-21-26-49(81)63(94)80-29-20-25-48(80)59(90)72-46(24-19-28-70-68(69)71-38-77(32-34-78(40(3)4)41(5)6)33-35-79(42(7)8)43(9)10)58(89)75-53(56(87)65(96)97)60(91)73-47(37-83)62(93)82-31-27-50(85)55(82)61(92)76-54(67(100)101-45)57(88)66(98)99/h38-50,52-57,83-85,87-88H,12-37H2,1-11H3,(H2,69,70)(H,72,90)(H,73,91)(H,74,86)(H,75,89)(H,76,92)(H,96,97)(H,98,99)/b71-38+/t44-,45-,46+,47-,48+,49-,50+,52-,53-,54+,55+,56-,57+/m1/s1. The van der Waals surface area contributed by atoms with Crippen molar-refractivity contribution in [3.05, 3.63) is 0 Å². The van der Waals surface area contributed by atoms with Crippen LogP contribution in [-0.2, 0) is 57.5 Å². The molecule has 0 aliphatic carbocycles. The minimum atomic E-state index is -2.79. The highest BCUT2D eigenvalue weighted by atomic mass is 16.5. The number of carbonyl (C=O) groups is 11. The number of hydrogen-bond acceptors (Lipinski definition) is 20. The highest BCUT2D eigenvalue weighted by molar-refractivity contribution is 6.00. The second kappa shape index (κ2) is 42.4. The molecule has 4 rings (SSSR count). The van der Waals surface area contributed by atoms with Crippen LogP contribution in [0.1, 0.15) is 185 Å². The maximum atomic E-state index is 14.8. The summed E-state index contributed by atoms with van der Waals surface area (Å²) in [7, 11) is 0. The predicted molar refractivity (Wildman–Crippen MR) is 372 cm³/mol. The van der Waals surface area contributed by atoms with E-state index in [-0.39, 0.29) is 101 Å². The van der Waals surface area contributed by atoms with Crippen LogP contribution < -0.4 is 32.3 Å². The molecule has 4 aliphatic rings. The normalized spacial score (nSPS) is 25.7. The molecular weight excluding hydrogens is 1320 g/mol. The van der Waals surface area contributed by atoms with Crippen molar-refractivity contribution in [3.8, 4) is 0 Å². The summed E-state index contributed by atoms with van der Waals surface area (Å²) in [5.41, 5.74) is 6.36. The number of aliphatic hydroxyl groups is 5. The van der Waals surface area contributed by atoms with Gasteiger partial charge in [0.2, 0.25) is 53.2 Å². The van der Waals surface area contributed by atoms with Crippen molar-refractivity contribution in [2.24, 2.45) is 21.6 Å². The summed E-state index contributed by atoms with van der Waals surface area (Å²) < 4.78 is 5.71. The van der Waals surface area contributed by atoms with Crippen LogP contribution >= 0.6 is 0 Å². The fourth-order valence-corrected chi connectivity index (χ4v) is 13.5. The number of unbranched alkanes of at least 4 members (excludes halogenated alkanes) is 6. The highest BCUT2D eigenvalue weighted by Gasteiger charge is 2.49. The van der Waals surface area contributed by atoms with Gasteiger partial charge < -0.3 is 92.4 Å². The number of nitrogens with zero attached hydrogens (tertiary/aromatic N) is 8. The fraction of sp³-hybridized carbons (Fsp3) is 0.809. The largest absolute Gasteiger partial charge is 0.479 e. The number of aliphatic imine (C=N–C) groups is 2. The number of aliphatic carboxylic acids is 2. The van der Waals surface area contributed by atoms with E-state index < -0.39 is 164 Å². The first-order chi connectivity index (χ1) is 47.6. The van der Waals surface area contributed by atoms with Crippen molar-refractivity contribution >= 4 is 77.5 Å². The second-order valence-corrected chi connectivity index (χ2v) is 28.6. The van der Waals surface area contributed by atoms with Crippen LogP contribution in [-0.4, -0.2) is 305 Å². The first kappa shape index (κ1) is 86.2. The van der Waals surface area contributed by atoms with E-state index in [0.29, 0.717) is 36.7 Å². The summed E-state index contributed by atoms with van der Waals surface area (Å²) in [6, 6.07) is -14.1. The Balaban J connectivity index is 1.78. The number of carbonyl (C=O) groups excluding carboxylic acids is 9. The van der Waals surface area contributed by atoms with E-state index in [9.17, 15) is 88.5 Å². The van der Waals surface area contributed by atoms with Gasteiger partial charge in [-0.05, 0) is 126 Å². The lowest BCUT2D eigenvalue weighted by atomic mass is 10.0. The van der Waals surface area contributed by atoms with E-state index in [4.69, 9.17) is 10.5 Å². The van der Waals surface area contributed by atoms with Crippen LogP contribution in [0.5, 0.6) is 0 Å². The van der Waals surface area contributed by atoms with Gasteiger partial charge in [0.25, 0.3) is 0 Å². The van der Waals surface area contributed by atoms with Crippen LogP contribution in [0.25, 0.3) is 0 Å². The van der Waals surface area contributed by atoms with Crippen LogP contribution in [0.15, 0.2) is 9.98 Å². The molecule has 4 aliphatic heterocycles. The average molecular weight is 1440 g/mol. The molecule has 0 saturated carbocycles. The number of amides is 8. The molecule has 4 heterocycles. The van der Waals surface area contributed by atoms with Gasteiger partial charge in [-0.15, -0.1) is 0 Å². The van der Waals surface area contributed by atoms with Crippen molar-refractivity contribution in [1.29, 1.82) is 0 Å². The second-order valence-electron chi connectivity index (χ2n) is 28.6. The van der Waals surface area contributed by atoms with Crippen molar-refractivity contribution in [2.75, 3.05) is 59.0 Å². The van der Waals surface area contributed by atoms with Gasteiger partial charge in [-0.2, -0.15) is 0 Å². The molecule has 33 heteroatoms. The Labute approximate surface area is 593 Å². The molecule has 0 aromatic carbocycles. The highest BCUT2D eigenvalue weighted by Crippen LogP contribution is 2.28. The number of ether oxygens (including phenoxy) is 1. The van der Waals surface area contributed by atoms with Gasteiger partial charge in [-0.1, -0.05) is 58.8 Å². The summed E-state index contributed by atoms with van der Waals surface area (Å²) in [6.45, 7) is 23.2. The number of aliphatic hydroxyl groups excluding tert-OH is 5. The van der Waals surface area contributed by atoms with Crippen LogP contribution in [0.4, 0.5) is 0 Å². The summed E-state index contributed by atoms with van der Waals surface area (Å²) in [6.07, 6.45) is -2.90. The average Bonchev–Trinajstić information content (AvgIpc) is 1.69. The molecule has 0 unspecified atom stereocenters. The maximum Gasteiger partial charge on any atom is 0.335 e. The zero-order valence-corrected chi connectivity index (χ0v) is 61.0. The molecule has 0 radical (unpaired) electrons. The van der Waals surface area contributed by atoms with E-state index in [1.54, 1.807) is 6.34 Å². The Morgan fingerprint density at radius 1 is 0.574 bits per heavy atom. The van der Waals surface area contributed by atoms with E-state index in [1.807, 2.05) is 10.2 Å². The number of nitrogens with one attached hydrogen (secondary N) is 5. The van der Waals surface area contributed by atoms with Crippen molar-refractivity contribution < 1.29 is 93.2 Å². The first-order valence-electron chi connectivity index (χ1n) is 36.1. The Morgan fingerprint density at radius 3 is 1.64 bits per heavy atom. The van der Waals surface area contributed by atoms with Gasteiger partial charge in [0.1, 0.15) is 48.4 Å². The number of nitrogens with two attached hydrogens (primary N) is 1. The quantitative estimate of drug-likeness (QED) is 0.0167. The Morgan fingerprint density at radius 2 is 1.10 bits per heavy atom. The molecule has 4 saturated heterocycles. The van der Waals surface area contributed by atoms with Crippen LogP contribution in [0, 0.1) is 5.92 Å². The molecule has 0 spiro atoms. The zero-order valence-electron chi connectivity index (χ0n) is 61.0. The summed E-state index contributed by atoms with van der Waals surface area (Å²) in [5.74, 6) is -14.3. The number of cyclic esters (lactones) is 1. The third kappa shape index (κ3) is 26.6.